The summed E-state index contributed by atoms with van der Waals surface area (Å²) in [6.07, 6.45) is 0. The molecule has 99 valence electrons. The molecule has 3 N–H and O–H groups in total. The monoisotopic (exact) mass is 441 g/mol. The van der Waals surface area contributed by atoms with E-state index in [-0.39, 0.29) is 41.3 Å². The van der Waals surface area contributed by atoms with Crippen LogP contribution in [0.15, 0.2) is 0 Å². The van der Waals surface area contributed by atoms with Crippen LogP contribution in [-0.4, -0.2) is 14.0 Å². The molecule has 0 atom stereocenters. The predicted octanol–water partition coefficient (Wildman–Crippen LogP) is -12.4. The van der Waals surface area contributed by atoms with Crippen LogP contribution < -0.4 is 41.9 Å². The molecule has 12 nitrogen and oxygen atoms in total. The van der Waals surface area contributed by atoms with Gasteiger partial charge in [0.25, 0.3) is 0 Å². The van der Waals surface area contributed by atoms with Gasteiger partial charge in [0.1, 0.15) is 0 Å². The van der Waals surface area contributed by atoms with Gasteiger partial charge in [-0.25, -0.2) is 0 Å². The topological polar surface area (TPSA) is 268 Å². The van der Waals surface area contributed by atoms with Crippen molar-refractivity contribution >= 4 is 0 Å². The van der Waals surface area contributed by atoms with Crippen LogP contribution in [0, 0.1) is 72.0 Å². The third kappa shape index (κ3) is 1120. The van der Waals surface area contributed by atoms with E-state index in [9.17, 15) is 0 Å². The molecule has 0 saturated carbocycles. The fourth-order valence-electron chi connectivity index (χ4n) is 0. The van der Waals surface area contributed by atoms with E-state index < -0.39 is 30.7 Å². The van der Waals surface area contributed by atoms with Crippen LogP contribution in [-0.2, 0) is 0 Å². The van der Waals surface area contributed by atoms with Crippen molar-refractivity contribution in [2.45, 2.75) is 0 Å². The largest absolute Gasteiger partial charge is 0.183 e. The van der Waals surface area contributed by atoms with Gasteiger partial charge in [0.05, 0.1) is 44.7 Å². The molecule has 0 spiro atoms. The fraction of sp³-hybridized carbons (Fsp3) is 0. The van der Waals surface area contributed by atoms with Gasteiger partial charge in [0.15, 0.2) is 0 Å². The SMILES string of the molecule is [O-][Cl+3]([O-])([O-])O.[O-][Cl+3]([O-])([O-])O.[O-][Cl+3]([O-])([O-])O.[Pr]. The van der Waals surface area contributed by atoms with Crippen LogP contribution in [0.3, 0.4) is 0 Å². The van der Waals surface area contributed by atoms with Gasteiger partial charge in [-0.3, -0.25) is 0 Å². The van der Waals surface area contributed by atoms with Crippen molar-refractivity contribution in [3.63, 3.8) is 0 Å². The molecule has 0 bridgehead atoms. The minimum absolute atomic E-state index is 0. The summed E-state index contributed by atoms with van der Waals surface area (Å²) in [4.78, 5) is 0. The zero-order valence-electron chi connectivity index (χ0n) is 6.73. The quantitative estimate of drug-likeness (QED) is 0.315. The molecule has 1 radical (unpaired) electrons. The Morgan fingerprint density at radius 1 is 0.438 bits per heavy atom. The van der Waals surface area contributed by atoms with Gasteiger partial charge in [-0.15, -0.1) is 0 Å². The normalized spacial score (nSPS) is 11.2. The maximum absolute atomic E-state index is 8.60. The first kappa shape index (κ1) is 26.3. The van der Waals surface area contributed by atoms with Crippen molar-refractivity contribution in [3.05, 3.63) is 0 Å². The summed E-state index contributed by atoms with van der Waals surface area (Å²) in [5.41, 5.74) is 0. The minimum Gasteiger partial charge on any atom is -0.183 e. The third-order valence-corrected chi connectivity index (χ3v) is 0. The van der Waals surface area contributed by atoms with Crippen molar-refractivity contribution in [2.24, 2.45) is 0 Å². The Labute approximate surface area is 127 Å². The Bertz CT molecular complexity index is 91.3. The van der Waals surface area contributed by atoms with E-state index in [1.807, 2.05) is 0 Å². The summed E-state index contributed by atoms with van der Waals surface area (Å²) in [6.45, 7) is 0. The maximum Gasteiger partial charge on any atom is 0.0777 e. The molecule has 0 fully saturated rings. The van der Waals surface area contributed by atoms with Gasteiger partial charge in [-0.05, 0) is 0 Å². The van der Waals surface area contributed by atoms with Crippen molar-refractivity contribution in [3.8, 4) is 0 Å². The van der Waals surface area contributed by atoms with Crippen molar-refractivity contribution in [2.75, 3.05) is 0 Å². The number of halogens is 3. The van der Waals surface area contributed by atoms with E-state index in [0.29, 0.717) is 0 Å². The number of rotatable bonds is 0. The smallest absolute Gasteiger partial charge is 0.0777 e. The molecule has 16 heavy (non-hydrogen) atoms. The molecule has 0 saturated heterocycles. The zero-order valence-corrected chi connectivity index (χ0v) is 12.7. The molecule has 0 aliphatic heterocycles. The van der Waals surface area contributed by atoms with Crippen molar-refractivity contribution < 1.29 is 128 Å². The summed E-state index contributed by atoms with van der Waals surface area (Å²) in [6, 6.07) is 0. The Hall–Kier alpha value is 1.75. The van der Waals surface area contributed by atoms with E-state index in [1.54, 1.807) is 0 Å². The van der Waals surface area contributed by atoms with E-state index in [0.717, 1.165) is 0 Å². The molecular formula is H3Cl3O12Pr. The molecule has 0 heterocycles. The van der Waals surface area contributed by atoms with Crippen molar-refractivity contribution in [1.82, 2.24) is 0 Å². The molecule has 0 aromatic heterocycles. The van der Waals surface area contributed by atoms with Crippen LogP contribution in [0.25, 0.3) is 0 Å². The molecule has 0 unspecified atom stereocenters. The fourth-order valence-corrected chi connectivity index (χ4v) is 0. The standard InChI is InChI=1S/3ClHO4.Pr/c3*2-1(3,4)5;/h3*(H,2,3,4,5);. The van der Waals surface area contributed by atoms with E-state index in [2.05, 4.69) is 0 Å². The second-order valence-corrected chi connectivity index (χ2v) is 3.56. The Balaban J connectivity index is -0.0000000655. The number of hydrogen-bond donors (Lipinski definition) is 3. The predicted molar refractivity (Wildman–Crippen MR) is 6.66 cm³/mol. The molecule has 0 aromatic carbocycles. The summed E-state index contributed by atoms with van der Waals surface area (Å²) in [5.74, 6) is 0. The van der Waals surface area contributed by atoms with Crippen LogP contribution in [0.1, 0.15) is 0 Å². The Morgan fingerprint density at radius 2 is 0.438 bits per heavy atom. The minimum atomic E-state index is -4.69. The second-order valence-electron chi connectivity index (χ2n) is 1.19. The summed E-state index contributed by atoms with van der Waals surface area (Å²) >= 11 is 0. The molecule has 0 rings (SSSR count). The van der Waals surface area contributed by atoms with Crippen LogP contribution in [0.5, 0.6) is 0 Å². The number of hydrogen-bond acceptors (Lipinski definition) is 12. The molecule has 16 heteroatoms. The van der Waals surface area contributed by atoms with E-state index in [4.69, 9.17) is 55.9 Å². The van der Waals surface area contributed by atoms with Gasteiger partial charge in [-0.2, -0.15) is 41.9 Å². The second kappa shape index (κ2) is 10.7. The first-order valence-corrected chi connectivity index (χ1v) is 5.69. The van der Waals surface area contributed by atoms with Crippen LogP contribution >= 0.6 is 0 Å². The molecule has 0 amide bonds. The van der Waals surface area contributed by atoms with Gasteiger partial charge >= 0.3 is 0 Å². The van der Waals surface area contributed by atoms with Crippen molar-refractivity contribution in [1.29, 1.82) is 0 Å². The average Bonchev–Trinajstić information content (AvgIpc) is 1.41. The Kier molecular flexibility index (Phi) is 17.5. The van der Waals surface area contributed by atoms with Gasteiger partial charge in [0.2, 0.25) is 0 Å². The maximum atomic E-state index is 8.60. The molecular weight excluding hydrogens is 439 g/mol. The van der Waals surface area contributed by atoms with Gasteiger partial charge in [0, 0.05) is 41.3 Å². The summed E-state index contributed by atoms with van der Waals surface area (Å²) in [5, 5.41) is 0. The summed E-state index contributed by atoms with van der Waals surface area (Å²) in [7, 11) is -14.1. The first-order chi connectivity index (χ1) is 6.00. The third-order valence-electron chi connectivity index (χ3n) is 0. The van der Waals surface area contributed by atoms with Gasteiger partial charge < -0.3 is 0 Å². The zero-order chi connectivity index (χ0) is 13.5. The van der Waals surface area contributed by atoms with E-state index >= 15 is 0 Å². The van der Waals surface area contributed by atoms with Crippen LogP contribution in [0.4, 0.5) is 0 Å². The molecule has 0 aromatic rings. The van der Waals surface area contributed by atoms with Gasteiger partial charge in [-0.1, -0.05) is 0 Å². The Morgan fingerprint density at radius 3 is 0.438 bits per heavy atom. The van der Waals surface area contributed by atoms with E-state index in [1.165, 1.54) is 0 Å². The average molecular weight is 442 g/mol. The summed E-state index contributed by atoms with van der Waals surface area (Å²) < 4.78 is 98.2. The first-order valence-electron chi connectivity index (χ1n) is 1.90. The molecule has 0 aliphatic rings. The molecule has 0 aliphatic carbocycles. The van der Waals surface area contributed by atoms with Crippen LogP contribution in [0.2, 0.25) is 0 Å².